The second kappa shape index (κ2) is 7.60. The maximum absolute atomic E-state index is 12.3. The van der Waals surface area contributed by atoms with Crippen molar-refractivity contribution in [3.63, 3.8) is 0 Å². The average Bonchev–Trinajstić information content (AvgIpc) is 3.37. The van der Waals surface area contributed by atoms with Gasteiger partial charge in [-0.25, -0.2) is 4.98 Å². The highest BCUT2D eigenvalue weighted by Gasteiger charge is 2.20. The predicted molar refractivity (Wildman–Crippen MR) is 102 cm³/mol. The first-order valence-corrected chi connectivity index (χ1v) is 9.86. The van der Waals surface area contributed by atoms with Crippen molar-refractivity contribution < 1.29 is 13.9 Å². The predicted octanol–water partition coefficient (Wildman–Crippen LogP) is 4.41. The third-order valence-corrected chi connectivity index (χ3v) is 5.71. The fourth-order valence-corrected chi connectivity index (χ4v) is 4.17. The highest BCUT2D eigenvalue weighted by Crippen LogP contribution is 2.33. The summed E-state index contributed by atoms with van der Waals surface area (Å²) in [5.41, 5.74) is 2.87. The van der Waals surface area contributed by atoms with Gasteiger partial charge in [0.25, 0.3) is 5.91 Å². The highest BCUT2D eigenvalue weighted by atomic mass is 32.1. The number of hydrogen-bond acceptors (Lipinski definition) is 5. The van der Waals surface area contributed by atoms with Crippen molar-refractivity contribution in [1.29, 1.82) is 0 Å². The van der Waals surface area contributed by atoms with E-state index in [4.69, 9.17) is 9.15 Å². The number of rotatable bonds is 6. The van der Waals surface area contributed by atoms with E-state index in [-0.39, 0.29) is 12.0 Å². The second-order valence-corrected chi connectivity index (χ2v) is 7.76. The third kappa shape index (κ3) is 3.81. The number of nitrogens with zero attached hydrogens (tertiary/aromatic N) is 1. The second-order valence-electron chi connectivity index (χ2n) is 6.64. The van der Waals surface area contributed by atoms with E-state index < -0.39 is 0 Å². The Balaban J connectivity index is 1.26. The fourth-order valence-electron chi connectivity index (χ4n) is 3.17. The minimum absolute atomic E-state index is 0.0209. The molecule has 1 N–H and O–H groups in total. The standard InChI is InChI=1S/C20H22N2O3S/c1-13-6-7-14-16(12-13)25-19(22-14)5-2-10-21-20(23)18-9-8-17(26-18)15-4-3-11-24-15/h6-9,12,15H,2-5,10-11H2,1H3,(H,21,23)/t15-/m0/s1. The summed E-state index contributed by atoms with van der Waals surface area (Å²) in [6.45, 7) is 3.45. The molecule has 0 unspecified atom stereocenters. The van der Waals surface area contributed by atoms with Crippen LogP contribution < -0.4 is 5.32 Å². The van der Waals surface area contributed by atoms with Gasteiger partial charge in [-0.3, -0.25) is 4.79 Å². The van der Waals surface area contributed by atoms with Crippen molar-refractivity contribution in [2.24, 2.45) is 0 Å². The van der Waals surface area contributed by atoms with Crippen LogP contribution >= 0.6 is 11.3 Å². The van der Waals surface area contributed by atoms with E-state index in [1.807, 2.05) is 37.3 Å². The number of fused-ring (bicyclic) bond motifs is 1. The van der Waals surface area contributed by atoms with E-state index in [1.165, 1.54) is 11.3 Å². The van der Waals surface area contributed by atoms with E-state index in [0.29, 0.717) is 13.0 Å². The summed E-state index contributed by atoms with van der Waals surface area (Å²) < 4.78 is 11.4. The lowest BCUT2D eigenvalue weighted by molar-refractivity contribution is 0.0957. The molecule has 3 heterocycles. The van der Waals surface area contributed by atoms with E-state index in [2.05, 4.69) is 10.3 Å². The van der Waals surface area contributed by atoms with Gasteiger partial charge >= 0.3 is 0 Å². The Hall–Kier alpha value is -2.18. The van der Waals surface area contributed by atoms with Crippen LogP contribution in [0.1, 0.15) is 51.4 Å². The highest BCUT2D eigenvalue weighted by molar-refractivity contribution is 7.14. The van der Waals surface area contributed by atoms with Gasteiger partial charge in [0.1, 0.15) is 5.52 Å². The molecule has 4 rings (SSSR count). The zero-order chi connectivity index (χ0) is 17.9. The molecule has 6 heteroatoms. The van der Waals surface area contributed by atoms with Crippen LogP contribution in [0.3, 0.4) is 0 Å². The molecule has 1 amide bonds. The van der Waals surface area contributed by atoms with Gasteiger partial charge in [0.15, 0.2) is 11.5 Å². The largest absolute Gasteiger partial charge is 0.441 e. The zero-order valence-corrected chi connectivity index (χ0v) is 15.6. The molecule has 26 heavy (non-hydrogen) atoms. The third-order valence-electron chi connectivity index (χ3n) is 4.54. The molecule has 1 aromatic carbocycles. The lowest BCUT2D eigenvalue weighted by atomic mass is 10.2. The summed E-state index contributed by atoms with van der Waals surface area (Å²) in [6.07, 6.45) is 3.82. The summed E-state index contributed by atoms with van der Waals surface area (Å²) in [6, 6.07) is 9.90. The molecular formula is C20H22N2O3S. The molecule has 0 saturated carbocycles. The number of aromatic nitrogens is 1. The molecular weight excluding hydrogens is 348 g/mol. The Labute approximate surface area is 156 Å². The molecule has 0 aliphatic carbocycles. The molecule has 2 aromatic heterocycles. The fraction of sp³-hybridized carbons (Fsp3) is 0.400. The van der Waals surface area contributed by atoms with Crippen molar-refractivity contribution in [2.75, 3.05) is 13.2 Å². The Morgan fingerprint density at radius 3 is 3.12 bits per heavy atom. The normalized spacial score (nSPS) is 17.0. The number of carbonyl (C=O) groups is 1. The summed E-state index contributed by atoms with van der Waals surface area (Å²) in [7, 11) is 0. The van der Waals surface area contributed by atoms with Crippen LogP contribution in [0, 0.1) is 6.92 Å². The van der Waals surface area contributed by atoms with E-state index in [0.717, 1.165) is 58.2 Å². The topological polar surface area (TPSA) is 64.4 Å². The van der Waals surface area contributed by atoms with Crippen LogP contribution in [0.15, 0.2) is 34.7 Å². The Bertz CT molecular complexity index is 909. The first-order chi connectivity index (χ1) is 12.7. The van der Waals surface area contributed by atoms with Crippen LogP contribution in [0.2, 0.25) is 0 Å². The summed E-state index contributed by atoms with van der Waals surface area (Å²) in [4.78, 5) is 18.7. The van der Waals surface area contributed by atoms with E-state index in [9.17, 15) is 4.79 Å². The molecule has 1 saturated heterocycles. The molecule has 1 aliphatic rings. The number of nitrogens with one attached hydrogen (secondary N) is 1. The van der Waals surface area contributed by atoms with Gasteiger partial charge in [-0.2, -0.15) is 0 Å². The minimum atomic E-state index is -0.0209. The Kier molecular flexibility index (Phi) is 5.04. The molecule has 0 bridgehead atoms. The zero-order valence-electron chi connectivity index (χ0n) is 14.8. The monoisotopic (exact) mass is 370 g/mol. The first kappa shape index (κ1) is 17.2. The number of oxazole rings is 1. The lowest BCUT2D eigenvalue weighted by Gasteiger charge is -2.05. The van der Waals surface area contributed by atoms with Crippen molar-refractivity contribution in [2.45, 2.75) is 38.7 Å². The van der Waals surface area contributed by atoms with Gasteiger partial charge in [0.2, 0.25) is 0 Å². The molecule has 5 nitrogen and oxygen atoms in total. The molecule has 0 radical (unpaired) electrons. The van der Waals surface area contributed by atoms with Crippen LogP contribution in [0.25, 0.3) is 11.1 Å². The van der Waals surface area contributed by atoms with Crippen molar-refractivity contribution in [1.82, 2.24) is 10.3 Å². The molecule has 1 fully saturated rings. The number of benzene rings is 1. The van der Waals surface area contributed by atoms with Gasteiger partial charge < -0.3 is 14.5 Å². The molecule has 1 atom stereocenters. The quantitative estimate of drug-likeness (QED) is 0.653. The average molecular weight is 370 g/mol. The number of thiophene rings is 1. The summed E-state index contributed by atoms with van der Waals surface area (Å²) in [5.74, 6) is 0.698. The number of amides is 1. The van der Waals surface area contributed by atoms with Crippen LogP contribution in [0.5, 0.6) is 0 Å². The van der Waals surface area contributed by atoms with Gasteiger partial charge in [-0.05, 0) is 56.0 Å². The van der Waals surface area contributed by atoms with Crippen LogP contribution in [-0.2, 0) is 11.2 Å². The molecule has 136 valence electrons. The number of hydrogen-bond donors (Lipinski definition) is 1. The molecule has 3 aromatic rings. The SMILES string of the molecule is Cc1ccc2nc(CCCNC(=O)c3ccc([C@@H]4CCCO4)s3)oc2c1. The molecule has 0 spiro atoms. The first-order valence-electron chi connectivity index (χ1n) is 9.04. The number of ether oxygens (including phenoxy) is 1. The van der Waals surface area contributed by atoms with Crippen LogP contribution in [-0.4, -0.2) is 24.0 Å². The van der Waals surface area contributed by atoms with Gasteiger partial charge in [0.05, 0.1) is 11.0 Å². The maximum Gasteiger partial charge on any atom is 0.261 e. The lowest BCUT2D eigenvalue weighted by Crippen LogP contribution is -2.23. The summed E-state index contributed by atoms with van der Waals surface area (Å²) in [5, 5.41) is 2.98. The van der Waals surface area contributed by atoms with Crippen molar-refractivity contribution >= 4 is 28.3 Å². The van der Waals surface area contributed by atoms with Crippen molar-refractivity contribution in [3.8, 4) is 0 Å². The maximum atomic E-state index is 12.3. The molecule has 1 aliphatic heterocycles. The number of aryl methyl sites for hydroxylation is 2. The van der Waals surface area contributed by atoms with Gasteiger partial charge in [-0.15, -0.1) is 11.3 Å². The van der Waals surface area contributed by atoms with Crippen molar-refractivity contribution in [3.05, 3.63) is 51.5 Å². The number of carbonyl (C=O) groups excluding carboxylic acids is 1. The van der Waals surface area contributed by atoms with E-state index in [1.54, 1.807) is 0 Å². The van der Waals surface area contributed by atoms with Gasteiger partial charge in [0, 0.05) is 24.4 Å². The van der Waals surface area contributed by atoms with Crippen LogP contribution in [0.4, 0.5) is 0 Å². The van der Waals surface area contributed by atoms with Gasteiger partial charge in [-0.1, -0.05) is 6.07 Å². The smallest absolute Gasteiger partial charge is 0.261 e. The van der Waals surface area contributed by atoms with E-state index >= 15 is 0 Å². The Morgan fingerprint density at radius 1 is 1.35 bits per heavy atom. The summed E-state index contributed by atoms with van der Waals surface area (Å²) >= 11 is 1.53. The Morgan fingerprint density at radius 2 is 2.27 bits per heavy atom. The minimum Gasteiger partial charge on any atom is -0.441 e.